The van der Waals surface area contributed by atoms with Crippen LogP contribution in [0.4, 0.5) is 11.4 Å². The maximum absolute atomic E-state index is 13.8. The van der Waals surface area contributed by atoms with Gasteiger partial charge in [-0.25, -0.2) is 0 Å². The molecule has 16 heteroatoms. The second-order valence-electron chi connectivity index (χ2n) is 19.3. The van der Waals surface area contributed by atoms with Crippen molar-refractivity contribution in [2.75, 3.05) is 69.2 Å². The lowest BCUT2D eigenvalue weighted by Gasteiger charge is -2.48. The Morgan fingerprint density at radius 1 is 0.873 bits per heavy atom. The van der Waals surface area contributed by atoms with Gasteiger partial charge < -0.3 is 19.7 Å². The van der Waals surface area contributed by atoms with Crippen molar-refractivity contribution in [3.8, 4) is 11.4 Å². The van der Waals surface area contributed by atoms with Crippen molar-refractivity contribution in [3.05, 3.63) is 64.8 Å². The van der Waals surface area contributed by atoms with E-state index < -0.39 is 29.7 Å². The first-order valence-corrected chi connectivity index (χ1v) is 22.6. The zero-order valence-electron chi connectivity index (χ0n) is 36.5. The van der Waals surface area contributed by atoms with Gasteiger partial charge in [0.1, 0.15) is 11.7 Å². The number of benzene rings is 2. The summed E-state index contributed by atoms with van der Waals surface area (Å²) in [5.41, 5.74) is 7.98. The van der Waals surface area contributed by atoms with Crippen LogP contribution in [0, 0.1) is 11.3 Å². The lowest BCUT2D eigenvalue weighted by molar-refractivity contribution is -0.145. The number of anilines is 2. The average molecular weight is 857 g/mol. The van der Waals surface area contributed by atoms with Gasteiger partial charge in [-0.05, 0) is 87.3 Å². The molecule has 0 spiro atoms. The van der Waals surface area contributed by atoms with Crippen molar-refractivity contribution in [2.24, 2.45) is 11.3 Å². The molecule has 330 valence electrons. The van der Waals surface area contributed by atoms with E-state index in [9.17, 15) is 28.8 Å². The number of piperidine rings is 2. The van der Waals surface area contributed by atoms with E-state index in [0.717, 1.165) is 96.8 Å². The standard InChI is InChI=1S/C47H56N10O6/c1-27(43(60)52(4)31-6-5-28-21-37(48-36(28)23-31)41-34-11-14-47(2,3)24-38(34)50-51-41)53-17-19-55(20-18-53)44(61)29-25-56(26-29)30-12-15-54(16-13-30)32-7-8-33-35(22-32)46(63)57(45(33)62)39-9-10-40(58)49-42(39)59/h5-8,21-23,27,29-30,39,48H,9-20,24-26H2,1-4H3,(H,50,51)(H,49,58,59). The van der Waals surface area contributed by atoms with Crippen molar-refractivity contribution < 1.29 is 28.8 Å². The maximum atomic E-state index is 13.8. The number of nitrogens with one attached hydrogen (secondary N) is 3. The number of piperazine rings is 1. The lowest BCUT2D eigenvalue weighted by Crippen LogP contribution is -2.62. The van der Waals surface area contributed by atoms with Crippen molar-refractivity contribution in [2.45, 2.75) is 83.8 Å². The average Bonchev–Trinajstić information content (AvgIpc) is 3.95. The van der Waals surface area contributed by atoms with Crippen LogP contribution < -0.4 is 15.1 Å². The molecular formula is C47H56N10O6. The van der Waals surface area contributed by atoms with Crippen LogP contribution in [0.2, 0.25) is 0 Å². The third kappa shape index (κ3) is 7.40. The van der Waals surface area contributed by atoms with E-state index in [-0.39, 0.29) is 53.2 Å². The molecule has 5 aliphatic heterocycles. The zero-order chi connectivity index (χ0) is 43.9. The fourth-order valence-electron chi connectivity index (χ4n) is 10.8. The Morgan fingerprint density at radius 3 is 2.37 bits per heavy atom. The number of imide groups is 2. The third-order valence-electron chi connectivity index (χ3n) is 14.8. The Bertz CT molecular complexity index is 2540. The van der Waals surface area contributed by atoms with Crippen LogP contribution in [0.5, 0.6) is 0 Å². The van der Waals surface area contributed by atoms with Crippen molar-refractivity contribution >= 4 is 57.7 Å². The smallest absolute Gasteiger partial charge is 0.262 e. The molecule has 0 radical (unpaired) electrons. The Balaban J connectivity index is 0.680. The number of likely N-dealkylation sites (tertiary alicyclic amines) is 1. The number of amides is 6. The van der Waals surface area contributed by atoms with Crippen molar-refractivity contribution in [1.29, 1.82) is 0 Å². The molecule has 2 atom stereocenters. The first-order chi connectivity index (χ1) is 30.2. The molecule has 2 aromatic carbocycles. The van der Waals surface area contributed by atoms with Gasteiger partial charge in [-0.3, -0.25) is 53.9 Å². The molecule has 0 saturated carbocycles. The highest BCUT2D eigenvalue weighted by molar-refractivity contribution is 6.23. The van der Waals surface area contributed by atoms with Crippen LogP contribution in [0.15, 0.2) is 42.5 Å². The second kappa shape index (κ2) is 15.7. The predicted molar refractivity (Wildman–Crippen MR) is 236 cm³/mol. The van der Waals surface area contributed by atoms with Gasteiger partial charge in [0.15, 0.2) is 0 Å². The zero-order valence-corrected chi connectivity index (χ0v) is 36.5. The summed E-state index contributed by atoms with van der Waals surface area (Å²) in [6.45, 7) is 12.1. The molecule has 7 heterocycles. The number of carbonyl (C=O) groups is 6. The molecule has 4 aromatic rings. The highest BCUT2D eigenvalue weighted by Gasteiger charge is 2.45. The topological polar surface area (TPSA) is 178 Å². The molecule has 6 amide bonds. The number of aromatic nitrogens is 3. The van der Waals surface area contributed by atoms with E-state index in [1.165, 1.54) is 11.3 Å². The molecule has 0 bridgehead atoms. The highest BCUT2D eigenvalue weighted by Crippen LogP contribution is 2.39. The molecule has 3 N–H and O–H groups in total. The number of hydrogen-bond acceptors (Lipinski definition) is 10. The molecular weight excluding hydrogens is 801 g/mol. The molecule has 6 aliphatic rings. The van der Waals surface area contributed by atoms with Gasteiger partial charge >= 0.3 is 0 Å². The Hall–Kier alpha value is -5.87. The summed E-state index contributed by atoms with van der Waals surface area (Å²) in [6, 6.07) is 12.6. The van der Waals surface area contributed by atoms with Crippen LogP contribution >= 0.6 is 0 Å². The van der Waals surface area contributed by atoms with E-state index in [4.69, 9.17) is 5.10 Å². The van der Waals surface area contributed by atoms with E-state index in [2.05, 4.69) is 56.1 Å². The summed E-state index contributed by atoms with van der Waals surface area (Å²) in [5.74, 6) is -1.84. The number of aromatic amines is 2. The summed E-state index contributed by atoms with van der Waals surface area (Å²) in [6.07, 6.45) is 5.16. The van der Waals surface area contributed by atoms with Gasteiger partial charge in [0.2, 0.25) is 23.6 Å². The number of fused-ring (bicyclic) bond motifs is 3. The van der Waals surface area contributed by atoms with Crippen molar-refractivity contribution in [3.63, 3.8) is 0 Å². The molecule has 4 saturated heterocycles. The van der Waals surface area contributed by atoms with Gasteiger partial charge in [-0.15, -0.1) is 0 Å². The monoisotopic (exact) mass is 856 g/mol. The van der Waals surface area contributed by atoms with Crippen molar-refractivity contribution in [1.82, 2.24) is 40.1 Å². The van der Waals surface area contributed by atoms with Gasteiger partial charge in [0.05, 0.1) is 28.8 Å². The molecule has 10 rings (SSSR count). The summed E-state index contributed by atoms with van der Waals surface area (Å²) in [7, 11) is 1.83. The Kier molecular flexibility index (Phi) is 10.3. The normalized spacial score (nSPS) is 22.9. The minimum atomic E-state index is -0.988. The molecule has 2 unspecified atom stereocenters. The van der Waals surface area contributed by atoms with Gasteiger partial charge in [0.25, 0.3) is 11.8 Å². The fourth-order valence-corrected chi connectivity index (χ4v) is 10.8. The second-order valence-corrected chi connectivity index (χ2v) is 19.3. The number of hydrogen-bond donors (Lipinski definition) is 3. The Labute approximate surface area is 366 Å². The first-order valence-electron chi connectivity index (χ1n) is 22.6. The summed E-state index contributed by atoms with van der Waals surface area (Å²) in [5, 5.41) is 11.3. The SMILES string of the molecule is CC(C(=O)N(C)c1ccc2cc(-c3n[nH]c4c3CCC(C)(C)C4)[nH]c2c1)N1CCN(C(=O)C2CN(C3CCN(c4ccc5c(c4)C(=O)N(C4CCC(=O)NC4=O)C5=O)CC3)C2)CC1. The van der Waals surface area contributed by atoms with E-state index in [0.29, 0.717) is 32.2 Å². The van der Waals surface area contributed by atoms with Gasteiger partial charge in [-0.2, -0.15) is 5.10 Å². The number of carbonyl (C=O) groups excluding carboxylic acids is 6. The van der Waals surface area contributed by atoms with E-state index >= 15 is 0 Å². The molecule has 4 fully saturated rings. The fraction of sp³-hybridized carbons (Fsp3) is 0.511. The van der Waals surface area contributed by atoms with Crippen LogP contribution in [-0.2, 0) is 32.0 Å². The Morgan fingerprint density at radius 2 is 1.62 bits per heavy atom. The quantitative estimate of drug-likeness (QED) is 0.222. The summed E-state index contributed by atoms with van der Waals surface area (Å²) >= 11 is 0. The van der Waals surface area contributed by atoms with Gasteiger partial charge in [-0.1, -0.05) is 19.9 Å². The molecule has 1 aliphatic carbocycles. The minimum Gasteiger partial charge on any atom is -0.371 e. The van der Waals surface area contributed by atoms with Crippen LogP contribution in [0.3, 0.4) is 0 Å². The van der Waals surface area contributed by atoms with Crippen LogP contribution in [0.25, 0.3) is 22.3 Å². The first kappa shape index (κ1) is 41.2. The van der Waals surface area contributed by atoms with E-state index in [1.807, 2.05) is 37.1 Å². The summed E-state index contributed by atoms with van der Waals surface area (Å²) < 4.78 is 0. The third-order valence-corrected chi connectivity index (χ3v) is 14.8. The van der Waals surface area contributed by atoms with E-state index in [1.54, 1.807) is 17.0 Å². The molecule has 63 heavy (non-hydrogen) atoms. The van der Waals surface area contributed by atoms with Crippen LogP contribution in [0.1, 0.15) is 84.8 Å². The lowest BCUT2D eigenvalue weighted by atomic mass is 9.76. The number of H-pyrrole nitrogens is 2. The van der Waals surface area contributed by atoms with Crippen LogP contribution in [-0.4, -0.2) is 148 Å². The number of nitrogens with zero attached hydrogens (tertiary/aromatic N) is 7. The van der Waals surface area contributed by atoms with Gasteiger partial charge in [0, 0.05) is 105 Å². The number of likely N-dealkylation sites (N-methyl/N-ethyl adjacent to an activating group) is 1. The molecule has 16 nitrogen and oxygen atoms in total. The largest absolute Gasteiger partial charge is 0.371 e. The predicted octanol–water partition coefficient (Wildman–Crippen LogP) is 3.57. The highest BCUT2D eigenvalue weighted by atomic mass is 16.2. The molecule has 2 aromatic heterocycles. The summed E-state index contributed by atoms with van der Waals surface area (Å²) in [4.78, 5) is 93.2. The maximum Gasteiger partial charge on any atom is 0.262 e. The minimum absolute atomic E-state index is 0.0155. The number of rotatable bonds is 8.